The van der Waals surface area contributed by atoms with Crippen molar-refractivity contribution in [3.63, 3.8) is 0 Å². The van der Waals surface area contributed by atoms with Gasteiger partial charge in [0.2, 0.25) is 0 Å². The fourth-order valence-corrected chi connectivity index (χ4v) is 4.72. The number of hydrogen-bond donors (Lipinski definition) is 1. The molecule has 0 bridgehead atoms. The Morgan fingerprint density at radius 3 is 1.50 bits per heavy atom. The Kier molecular flexibility index (Phi) is 8.49. The molecule has 2 heterocycles. The van der Waals surface area contributed by atoms with Crippen molar-refractivity contribution in [3.05, 3.63) is 0 Å². The molecule has 0 aromatic carbocycles. The highest BCUT2D eigenvalue weighted by Crippen LogP contribution is 2.21. The van der Waals surface area contributed by atoms with Crippen LogP contribution in [0, 0.1) is 0 Å². The lowest BCUT2D eigenvalue weighted by atomic mass is 10.1. The lowest BCUT2D eigenvalue weighted by molar-refractivity contribution is -0.197. The first-order valence-corrected chi connectivity index (χ1v) is 13.4. The van der Waals surface area contributed by atoms with Crippen LogP contribution in [0.5, 0.6) is 0 Å². The summed E-state index contributed by atoms with van der Waals surface area (Å²) in [7, 11) is -8.65. The number of nitrogens with zero attached hydrogens (tertiary/aromatic N) is 2. The molecule has 0 aromatic rings. The van der Waals surface area contributed by atoms with Gasteiger partial charge in [-0.1, -0.05) is 12.8 Å². The molecule has 0 aromatic heterocycles. The summed E-state index contributed by atoms with van der Waals surface area (Å²) >= 11 is 0. The smallest absolute Gasteiger partial charge is 0.330 e. The van der Waals surface area contributed by atoms with Gasteiger partial charge in [0.15, 0.2) is 20.3 Å². The van der Waals surface area contributed by atoms with Crippen LogP contribution in [0.4, 0.5) is 0 Å². The average Bonchev–Trinajstić information content (AvgIpc) is 3.15. The van der Waals surface area contributed by atoms with E-state index in [4.69, 9.17) is 4.55 Å². The number of sulfone groups is 1. The summed E-state index contributed by atoms with van der Waals surface area (Å²) in [5, 5.41) is -3.45. The van der Waals surface area contributed by atoms with E-state index in [9.17, 15) is 45.6 Å². The van der Waals surface area contributed by atoms with Crippen LogP contribution in [0.25, 0.3) is 0 Å². The Morgan fingerprint density at radius 2 is 1.18 bits per heavy atom. The van der Waals surface area contributed by atoms with Crippen molar-refractivity contribution < 1.29 is 59.8 Å². The molecule has 1 N–H and O–H groups in total. The molecule has 2 saturated heterocycles. The third-order valence-corrected chi connectivity index (χ3v) is 7.39. The van der Waals surface area contributed by atoms with Crippen molar-refractivity contribution in [2.24, 2.45) is 0 Å². The molecule has 15 nitrogen and oxygen atoms in total. The van der Waals surface area contributed by atoms with Gasteiger partial charge in [-0.2, -0.15) is 8.42 Å². The molecule has 2 unspecified atom stereocenters. The average molecular weight is 526 g/mol. The summed E-state index contributed by atoms with van der Waals surface area (Å²) in [6.07, 6.45) is 0.195. The molecular weight excluding hydrogens is 504 g/mol. The highest BCUT2D eigenvalue weighted by Gasteiger charge is 2.48. The van der Waals surface area contributed by atoms with Crippen LogP contribution in [-0.4, -0.2) is 83.8 Å². The van der Waals surface area contributed by atoms with Crippen molar-refractivity contribution >= 4 is 55.5 Å². The normalized spacial score (nSPS) is 21.4. The number of carbonyl (C=O) groups excluding carboxylic acids is 6. The van der Waals surface area contributed by atoms with Crippen LogP contribution in [0.15, 0.2) is 0 Å². The van der Waals surface area contributed by atoms with Crippen molar-refractivity contribution in [1.82, 2.24) is 10.1 Å². The Morgan fingerprint density at radius 1 is 0.794 bits per heavy atom. The fraction of sp³-hybridized carbons (Fsp3) is 0.647. The number of amides is 4. The van der Waals surface area contributed by atoms with Gasteiger partial charge in [-0.05, 0) is 12.8 Å². The number of hydrogen-bond acceptors (Lipinski definition) is 12. The van der Waals surface area contributed by atoms with Gasteiger partial charge in [-0.15, -0.1) is 10.1 Å². The first kappa shape index (κ1) is 27.3. The standard InChI is InChI=1S/C17H22N2O13S2/c1-33(26,27)10-8-12(20)18(16(10)24)31-14(22)6-4-2-3-5-7-15(23)32-19-13(21)9-11(17(19)25)34(28,29)30/h10-11H,2-9H2,1H3,(H,28,29,30). The monoisotopic (exact) mass is 526 g/mol. The predicted octanol–water partition coefficient (Wildman–Crippen LogP) is -1.57. The number of rotatable bonds is 11. The van der Waals surface area contributed by atoms with Gasteiger partial charge in [-0.25, -0.2) is 18.0 Å². The molecule has 2 aliphatic heterocycles. The van der Waals surface area contributed by atoms with E-state index < -0.39 is 78.9 Å². The van der Waals surface area contributed by atoms with Gasteiger partial charge in [-0.3, -0.25) is 23.7 Å². The molecule has 2 atom stereocenters. The molecule has 2 fully saturated rings. The van der Waals surface area contributed by atoms with E-state index in [0.29, 0.717) is 12.8 Å². The van der Waals surface area contributed by atoms with Gasteiger partial charge < -0.3 is 9.68 Å². The van der Waals surface area contributed by atoms with E-state index in [-0.39, 0.29) is 35.8 Å². The maximum Gasteiger partial charge on any atom is 0.333 e. The summed E-state index contributed by atoms with van der Waals surface area (Å²) in [6.45, 7) is 0. The second-order valence-electron chi connectivity index (χ2n) is 7.62. The SMILES string of the molecule is CS(=O)(=O)C1CC(=O)N(OC(=O)CCCCCCC(=O)ON2C(=O)CC(S(=O)(=O)O)C2=O)C1=O. The third-order valence-electron chi connectivity index (χ3n) is 4.90. The largest absolute Gasteiger partial charge is 0.333 e. The molecule has 0 spiro atoms. The van der Waals surface area contributed by atoms with Gasteiger partial charge in [0.25, 0.3) is 33.7 Å². The van der Waals surface area contributed by atoms with E-state index in [1.165, 1.54) is 0 Å². The summed E-state index contributed by atoms with van der Waals surface area (Å²) in [5.41, 5.74) is 0. The van der Waals surface area contributed by atoms with Crippen molar-refractivity contribution in [1.29, 1.82) is 0 Å². The minimum absolute atomic E-state index is 0.00600. The Hall–Kier alpha value is -2.92. The van der Waals surface area contributed by atoms with Crippen LogP contribution in [-0.2, 0) is 58.4 Å². The predicted molar refractivity (Wildman–Crippen MR) is 107 cm³/mol. The second kappa shape index (κ2) is 10.6. The molecule has 0 radical (unpaired) electrons. The van der Waals surface area contributed by atoms with Crippen molar-refractivity contribution in [2.45, 2.75) is 61.9 Å². The molecule has 0 saturated carbocycles. The number of carbonyl (C=O) groups is 6. The fourth-order valence-electron chi connectivity index (χ4n) is 3.11. The summed E-state index contributed by atoms with van der Waals surface area (Å²) in [5.74, 6) is -6.42. The van der Waals surface area contributed by atoms with Gasteiger partial charge in [0.05, 0.1) is 12.8 Å². The van der Waals surface area contributed by atoms with Gasteiger partial charge in [0.1, 0.15) is 0 Å². The number of hydroxylamine groups is 4. The van der Waals surface area contributed by atoms with E-state index in [0.717, 1.165) is 6.26 Å². The Balaban J connectivity index is 1.65. The topological polar surface area (TPSA) is 216 Å². The lowest BCUT2D eigenvalue weighted by Crippen LogP contribution is -2.36. The maximum atomic E-state index is 11.9. The highest BCUT2D eigenvalue weighted by molar-refractivity contribution is 7.92. The van der Waals surface area contributed by atoms with E-state index in [1.54, 1.807) is 0 Å². The summed E-state index contributed by atoms with van der Waals surface area (Å²) in [6, 6.07) is 0. The van der Waals surface area contributed by atoms with Crippen LogP contribution in [0.3, 0.4) is 0 Å². The minimum Gasteiger partial charge on any atom is -0.330 e. The second-order valence-corrected chi connectivity index (χ2v) is 11.5. The molecule has 190 valence electrons. The zero-order valence-corrected chi connectivity index (χ0v) is 19.5. The molecule has 17 heteroatoms. The van der Waals surface area contributed by atoms with Crippen LogP contribution in [0.1, 0.15) is 51.4 Å². The van der Waals surface area contributed by atoms with Crippen LogP contribution < -0.4 is 0 Å². The van der Waals surface area contributed by atoms with E-state index >= 15 is 0 Å². The van der Waals surface area contributed by atoms with Crippen LogP contribution in [0.2, 0.25) is 0 Å². The van der Waals surface area contributed by atoms with Crippen molar-refractivity contribution in [3.8, 4) is 0 Å². The lowest BCUT2D eigenvalue weighted by Gasteiger charge is -2.13. The third kappa shape index (κ3) is 6.80. The summed E-state index contributed by atoms with van der Waals surface area (Å²) in [4.78, 5) is 79.9. The van der Waals surface area contributed by atoms with E-state index in [1.807, 2.05) is 0 Å². The number of unbranched alkanes of at least 4 members (excludes halogenated alkanes) is 3. The quantitative estimate of drug-likeness (QED) is 0.183. The zero-order valence-electron chi connectivity index (χ0n) is 17.9. The molecule has 0 aliphatic carbocycles. The van der Waals surface area contributed by atoms with Crippen LogP contribution >= 0.6 is 0 Å². The summed E-state index contributed by atoms with van der Waals surface area (Å²) < 4.78 is 54.0. The first-order valence-electron chi connectivity index (χ1n) is 9.93. The van der Waals surface area contributed by atoms with Crippen molar-refractivity contribution in [2.75, 3.05) is 6.26 Å². The maximum absolute atomic E-state index is 11.9. The molecular formula is C17H22N2O13S2. The zero-order chi connectivity index (χ0) is 25.8. The molecule has 4 amide bonds. The Bertz CT molecular complexity index is 1020. The Labute approximate surface area is 193 Å². The minimum atomic E-state index is -4.82. The highest BCUT2D eigenvalue weighted by atomic mass is 32.2. The van der Waals surface area contributed by atoms with E-state index in [2.05, 4.69) is 9.68 Å². The molecule has 2 rings (SSSR count). The number of imide groups is 2. The first-order chi connectivity index (χ1) is 15.6. The van der Waals surface area contributed by atoms with Gasteiger partial charge in [0, 0.05) is 19.1 Å². The van der Waals surface area contributed by atoms with Gasteiger partial charge >= 0.3 is 11.9 Å². The molecule has 2 aliphatic rings. The molecule has 34 heavy (non-hydrogen) atoms.